The van der Waals surface area contributed by atoms with Crippen LogP contribution >= 0.6 is 0 Å². The molecule has 0 aromatic rings. The van der Waals surface area contributed by atoms with Gasteiger partial charge in [-0.15, -0.1) is 6.42 Å². The summed E-state index contributed by atoms with van der Waals surface area (Å²) in [6, 6.07) is 0.302. The lowest BCUT2D eigenvalue weighted by Gasteiger charge is -2.36. The van der Waals surface area contributed by atoms with E-state index in [1.54, 1.807) is 0 Å². The first kappa shape index (κ1) is 11.6. The topological polar surface area (TPSA) is 12.0 Å². The Morgan fingerprint density at radius 2 is 2.00 bits per heavy atom. The fraction of sp³-hybridized carbons (Fsp3) is 0.846. The van der Waals surface area contributed by atoms with Crippen LogP contribution in [0.3, 0.4) is 0 Å². The second kappa shape index (κ2) is 4.84. The molecule has 80 valence electrons. The fourth-order valence-electron chi connectivity index (χ4n) is 2.34. The van der Waals surface area contributed by atoms with Gasteiger partial charge in [0.05, 0.1) is 6.04 Å². The van der Waals surface area contributed by atoms with E-state index in [9.17, 15) is 0 Å². The molecule has 0 amide bonds. The van der Waals surface area contributed by atoms with Gasteiger partial charge in [0.15, 0.2) is 0 Å². The average Bonchev–Trinajstić information content (AvgIpc) is 2.15. The number of hydrogen-bond donors (Lipinski definition) is 1. The average molecular weight is 193 g/mol. The molecular formula is C13H23N. The molecule has 1 saturated carbocycles. The quantitative estimate of drug-likeness (QED) is 0.680. The Kier molecular flexibility index (Phi) is 4.01. The van der Waals surface area contributed by atoms with Crippen LogP contribution in [0.1, 0.15) is 46.5 Å². The Morgan fingerprint density at radius 1 is 1.43 bits per heavy atom. The minimum atomic E-state index is 0.302. The van der Waals surface area contributed by atoms with Crippen LogP contribution in [0, 0.1) is 23.7 Å². The Balaban J connectivity index is 2.44. The van der Waals surface area contributed by atoms with E-state index in [0.717, 1.165) is 6.54 Å². The first-order valence-electron chi connectivity index (χ1n) is 5.78. The Bertz CT molecular complexity index is 202. The summed E-state index contributed by atoms with van der Waals surface area (Å²) in [5.74, 6) is 3.59. The third kappa shape index (κ3) is 3.03. The van der Waals surface area contributed by atoms with Gasteiger partial charge < -0.3 is 5.32 Å². The van der Waals surface area contributed by atoms with Crippen molar-refractivity contribution in [2.75, 3.05) is 6.54 Å². The first-order chi connectivity index (χ1) is 6.59. The van der Waals surface area contributed by atoms with E-state index < -0.39 is 0 Å². The highest BCUT2D eigenvalue weighted by Crippen LogP contribution is 2.38. The second-order valence-corrected chi connectivity index (χ2v) is 5.20. The van der Waals surface area contributed by atoms with Gasteiger partial charge >= 0.3 is 0 Å². The van der Waals surface area contributed by atoms with Gasteiger partial charge in [0, 0.05) is 0 Å². The molecule has 0 aliphatic heterocycles. The standard InChI is InChI=1S/C13H23N/c1-5-12(14-6-2)11-7-9-13(3,4)10-8-11/h1,11-12,14H,6-10H2,2-4H3. The Hall–Kier alpha value is -0.480. The van der Waals surface area contributed by atoms with E-state index in [0.29, 0.717) is 17.4 Å². The summed E-state index contributed by atoms with van der Waals surface area (Å²) in [5.41, 5.74) is 0.544. The molecule has 0 bridgehead atoms. The summed E-state index contributed by atoms with van der Waals surface area (Å²) >= 11 is 0. The second-order valence-electron chi connectivity index (χ2n) is 5.20. The lowest BCUT2D eigenvalue weighted by atomic mass is 9.71. The predicted octanol–water partition coefficient (Wildman–Crippen LogP) is 2.81. The van der Waals surface area contributed by atoms with E-state index in [-0.39, 0.29) is 0 Å². The van der Waals surface area contributed by atoms with Crippen molar-refractivity contribution in [3.63, 3.8) is 0 Å². The molecule has 1 aliphatic rings. The molecule has 1 N–H and O–H groups in total. The van der Waals surface area contributed by atoms with Gasteiger partial charge in [0.2, 0.25) is 0 Å². The van der Waals surface area contributed by atoms with E-state index >= 15 is 0 Å². The zero-order chi connectivity index (χ0) is 10.6. The van der Waals surface area contributed by atoms with Crippen molar-refractivity contribution in [2.24, 2.45) is 11.3 Å². The molecule has 0 aromatic carbocycles. The minimum Gasteiger partial charge on any atom is -0.304 e. The van der Waals surface area contributed by atoms with E-state index in [1.165, 1.54) is 25.7 Å². The van der Waals surface area contributed by atoms with Gasteiger partial charge in [-0.25, -0.2) is 0 Å². The number of rotatable bonds is 3. The summed E-state index contributed by atoms with van der Waals surface area (Å²) in [7, 11) is 0. The molecule has 1 aliphatic carbocycles. The van der Waals surface area contributed by atoms with Crippen molar-refractivity contribution in [3.05, 3.63) is 0 Å². The van der Waals surface area contributed by atoms with Gasteiger partial charge in [-0.3, -0.25) is 0 Å². The minimum absolute atomic E-state index is 0.302. The van der Waals surface area contributed by atoms with Crippen LogP contribution in [0.15, 0.2) is 0 Å². The molecule has 0 aromatic heterocycles. The van der Waals surface area contributed by atoms with Gasteiger partial charge in [0.1, 0.15) is 0 Å². The lowest BCUT2D eigenvalue weighted by Crippen LogP contribution is -2.38. The Morgan fingerprint density at radius 3 is 2.43 bits per heavy atom. The van der Waals surface area contributed by atoms with Crippen molar-refractivity contribution in [1.82, 2.24) is 5.32 Å². The molecule has 1 fully saturated rings. The summed E-state index contributed by atoms with van der Waals surface area (Å²) in [6.07, 6.45) is 10.8. The van der Waals surface area contributed by atoms with Crippen LogP contribution < -0.4 is 5.32 Å². The highest BCUT2D eigenvalue weighted by atomic mass is 14.9. The monoisotopic (exact) mass is 193 g/mol. The summed E-state index contributed by atoms with van der Waals surface area (Å²) in [4.78, 5) is 0. The van der Waals surface area contributed by atoms with Gasteiger partial charge in [-0.2, -0.15) is 0 Å². The maximum atomic E-state index is 5.54. The zero-order valence-corrected chi connectivity index (χ0v) is 9.77. The predicted molar refractivity (Wildman–Crippen MR) is 62.0 cm³/mol. The molecule has 0 spiro atoms. The maximum absolute atomic E-state index is 5.54. The van der Waals surface area contributed by atoms with Crippen molar-refractivity contribution >= 4 is 0 Å². The number of terminal acetylenes is 1. The molecule has 0 heterocycles. The number of nitrogens with one attached hydrogen (secondary N) is 1. The van der Waals surface area contributed by atoms with E-state index in [4.69, 9.17) is 6.42 Å². The third-order valence-corrected chi connectivity index (χ3v) is 3.46. The van der Waals surface area contributed by atoms with E-state index in [2.05, 4.69) is 32.0 Å². The van der Waals surface area contributed by atoms with Gasteiger partial charge in [-0.05, 0) is 43.6 Å². The largest absolute Gasteiger partial charge is 0.304 e. The lowest BCUT2D eigenvalue weighted by molar-refractivity contribution is 0.176. The van der Waals surface area contributed by atoms with Gasteiger partial charge in [0.25, 0.3) is 0 Å². The SMILES string of the molecule is C#CC(NCC)C1CCC(C)(C)CC1. The first-order valence-corrected chi connectivity index (χ1v) is 5.78. The molecule has 0 saturated heterocycles. The van der Waals surface area contributed by atoms with Crippen LogP contribution in [0.2, 0.25) is 0 Å². The molecule has 1 heteroatoms. The summed E-state index contributed by atoms with van der Waals surface area (Å²) in [6.45, 7) is 7.83. The zero-order valence-electron chi connectivity index (χ0n) is 9.77. The van der Waals surface area contributed by atoms with Gasteiger partial charge in [-0.1, -0.05) is 26.7 Å². The van der Waals surface area contributed by atoms with Crippen LogP contribution in [-0.4, -0.2) is 12.6 Å². The fourth-order valence-corrected chi connectivity index (χ4v) is 2.34. The van der Waals surface area contributed by atoms with Crippen LogP contribution in [0.25, 0.3) is 0 Å². The molecule has 1 atom stereocenters. The van der Waals surface area contributed by atoms with E-state index in [1.807, 2.05) is 0 Å². The summed E-state index contributed by atoms with van der Waals surface area (Å²) < 4.78 is 0. The van der Waals surface area contributed by atoms with Crippen molar-refractivity contribution < 1.29 is 0 Å². The Labute approximate surface area is 88.7 Å². The third-order valence-electron chi connectivity index (χ3n) is 3.46. The molecule has 1 nitrogen and oxygen atoms in total. The number of hydrogen-bond acceptors (Lipinski definition) is 1. The van der Waals surface area contributed by atoms with Crippen LogP contribution in [0.5, 0.6) is 0 Å². The van der Waals surface area contributed by atoms with Crippen molar-refractivity contribution in [2.45, 2.75) is 52.5 Å². The maximum Gasteiger partial charge on any atom is 0.0715 e. The van der Waals surface area contributed by atoms with Crippen LogP contribution in [-0.2, 0) is 0 Å². The summed E-state index contributed by atoms with van der Waals surface area (Å²) in [5, 5.41) is 3.39. The molecule has 0 radical (unpaired) electrons. The van der Waals surface area contributed by atoms with Crippen LogP contribution in [0.4, 0.5) is 0 Å². The van der Waals surface area contributed by atoms with Crippen molar-refractivity contribution in [1.29, 1.82) is 0 Å². The molecule has 1 unspecified atom stereocenters. The highest BCUT2D eigenvalue weighted by molar-refractivity contribution is 5.03. The highest BCUT2D eigenvalue weighted by Gasteiger charge is 2.30. The van der Waals surface area contributed by atoms with Crippen molar-refractivity contribution in [3.8, 4) is 12.3 Å². The molecular weight excluding hydrogens is 170 g/mol. The molecule has 14 heavy (non-hydrogen) atoms. The normalized spacial score (nSPS) is 24.1. The smallest absolute Gasteiger partial charge is 0.0715 e. The molecule has 1 rings (SSSR count).